The summed E-state index contributed by atoms with van der Waals surface area (Å²) in [5.74, 6) is 0.525. The Bertz CT molecular complexity index is 844. The maximum absolute atomic E-state index is 12.3. The minimum Gasteiger partial charge on any atom is -0.467 e. The van der Waals surface area contributed by atoms with Crippen LogP contribution in [-0.2, 0) is 29.1 Å². The second-order valence-corrected chi connectivity index (χ2v) is 6.83. The molecule has 1 aliphatic rings. The van der Waals surface area contributed by atoms with Gasteiger partial charge in [0.25, 0.3) is 5.69 Å². The number of esters is 1. The zero-order valence-electron chi connectivity index (χ0n) is 15.3. The summed E-state index contributed by atoms with van der Waals surface area (Å²) in [6.45, 7) is 4.43. The largest absolute Gasteiger partial charge is 0.467 e. The third-order valence-electron chi connectivity index (χ3n) is 4.17. The number of fused-ring (bicyclic) bond motifs is 1. The predicted octanol–water partition coefficient (Wildman–Crippen LogP) is 4.02. The van der Waals surface area contributed by atoms with Gasteiger partial charge in [0.2, 0.25) is 0 Å². The van der Waals surface area contributed by atoms with E-state index in [0.29, 0.717) is 28.4 Å². The van der Waals surface area contributed by atoms with Gasteiger partial charge in [-0.3, -0.25) is 10.1 Å². The van der Waals surface area contributed by atoms with Crippen LogP contribution in [0.15, 0.2) is 36.4 Å². The summed E-state index contributed by atoms with van der Waals surface area (Å²) < 4.78 is 16.0. The average molecular weight is 371 g/mol. The van der Waals surface area contributed by atoms with Crippen LogP contribution in [0.3, 0.4) is 0 Å². The van der Waals surface area contributed by atoms with Gasteiger partial charge in [-0.05, 0) is 30.0 Å². The third kappa shape index (κ3) is 4.62. The van der Waals surface area contributed by atoms with Gasteiger partial charge < -0.3 is 14.2 Å². The van der Waals surface area contributed by atoms with Crippen LogP contribution >= 0.6 is 0 Å². The maximum Gasteiger partial charge on any atom is 0.338 e. The number of hydrogen-bond donors (Lipinski definition) is 0. The molecule has 3 rings (SSSR count). The summed E-state index contributed by atoms with van der Waals surface area (Å²) in [4.78, 5) is 22.9. The minimum absolute atomic E-state index is 0.0586. The zero-order valence-corrected chi connectivity index (χ0v) is 15.3. The van der Waals surface area contributed by atoms with Crippen molar-refractivity contribution < 1.29 is 23.9 Å². The normalized spacial score (nSPS) is 13.0. The molecular formula is C20H21NO6. The molecule has 0 radical (unpaired) electrons. The number of non-ortho nitro benzene ring substituents is 1. The smallest absolute Gasteiger partial charge is 0.338 e. The fraction of sp³-hybridized carbons (Fsp3) is 0.350. The number of nitrogens with zero attached hydrogens (tertiary/aromatic N) is 1. The van der Waals surface area contributed by atoms with Crippen LogP contribution in [0, 0.1) is 16.0 Å². The molecule has 7 nitrogen and oxygen atoms in total. The van der Waals surface area contributed by atoms with E-state index in [4.69, 9.17) is 14.2 Å². The van der Waals surface area contributed by atoms with Crippen LogP contribution in [0.5, 0.6) is 5.75 Å². The van der Waals surface area contributed by atoms with E-state index in [1.165, 1.54) is 12.1 Å². The first kappa shape index (κ1) is 18.8. The lowest BCUT2D eigenvalue weighted by atomic mass is 10.0. The van der Waals surface area contributed by atoms with Crippen LogP contribution in [0.4, 0.5) is 5.69 Å². The predicted molar refractivity (Wildman–Crippen MR) is 97.5 cm³/mol. The molecule has 7 heteroatoms. The highest BCUT2D eigenvalue weighted by Gasteiger charge is 2.22. The van der Waals surface area contributed by atoms with Crippen LogP contribution in [-0.4, -0.2) is 17.7 Å². The van der Waals surface area contributed by atoms with Crippen molar-refractivity contribution in [2.24, 2.45) is 5.92 Å². The second kappa shape index (κ2) is 8.18. The van der Waals surface area contributed by atoms with Gasteiger partial charge in [0.05, 0.1) is 17.1 Å². The first-order valence-corrected chi connectivity index (χ1v) is 8.71. The molecular weight excluding hydrogens is 350 g/mol. The number of nitro benzene ring substituents is 1. The van der Waals surface area contributed by atoms with Crippen molar-refractivity contribution in [3.05, 3.63) is 68.8 Å². The Morgan fingerprint density at radius 2 is 2.00 bits per heavy atom. The van der Waals surface area contributed by atoms with Gasteiger partial charge in [-0.2, -0.15) is 0 Å². The standard InChI is InChI=1S/C20H21NO6/c1-13(2)7-14-3-5-15(6-4-14)20(22)26-11-17-9-18(21(23)24)8-16-10-25-12-27-19(16)17/h3-6,8-9,13H,7,10-12H2,1-2H3. The van der Waals surface area contributed by atoms with E-state index >= 15 is 0 Å². The molecule has 27 heavy (non-hydrogen) atoms. The minimum atomic E-state index is -0.492. The highest BCUT2D eigenvalue weighted by atomic mass is 16.7. The fourth-order valence-electron chi connectivity index (χ4n) is 2.97. The first-order chi connectivity index (χ1) is 12.9. The molecule has 1 aliphatic heterocycles. The average Bonchev–Trinajstić information content (AvgIpc) is 2.65. The highest BCUT2D eigenvalue weighted by molar-refractivity contribution is 5.89. The molecule has 0 N–H and O–H groups in total. The Balaban J connectivity index is 1.73. The van der Waals surface area contributed by atoms with E-state index in [1.54, 1.807) is 12.1 Å². The molecule has 0 unspecified atom stereocenters. The van der Waals surface area contributed by atoms with E-state index in [-0.39, 0.29) is 25.7 Å². The fourth-order valence-corrected chi connectivity index (χ4v) is 2.97. The molecule has 0 bridgehead atoms. The van der Waals surface area contributed by atoms with E-state index in [2.05, 4.69) is 13.8 Å². The van der Waals surface area contributed by atoms with Gasteiger partial charge >= 0.3 is 5.97 Å². The Morgan fingerprint density at radius 1 is 1.26 bits per heavy atom. The van der Waals surface area contributed by atoms with Crippen LogP contribution < -0.4 is 4.74 Å². The molecule has 0 amide bonds. The van der Waals surface area contributed by atoms with Gasteiger partial charge in [0.15, 0.2) is 6.79 Å². The monoisotopic (exact) mass is 371 g/mol. The number of benzene rings is 2. The number of nitro groups is 1. The number of ether oxygens (including phenoxy) is 3. The Hall–Kier alpha value is -2.93. The van der Waals surface area contributed by atoms with Crippen LogP contribution in [0.2, 0.25) is 0 Å². The van der Waals surface area contributed by atoms with Gasteiger partial charge in [-0.15, -0.1) is 0 Å². The third-order valence-corrected chi connectivity index (χ3v) is 4.17. The van der Waals surface area contributed by atoms with Crippen molar-refractivity contribution in [3.63, 3.8) is 0 Å². The molecule has 0 saturated carbocycles. The molecule has 0 atom stereocenters. The summed E-state index contributed by atoms with van der Waals surface area (Å²) in [5.41, 5.74) is 2.52. The number of rotatable bonds is 6. The Kier molecular flexibility index (Phi) is 5.71. The Labute approximate surface area is 157 Å². The molecule has 2 aromatic rings. The molecule has 2 aromatic carbocycles. The first-order valence-electron chi connectivity index (χ1n) is 8.71. The summed E-state index contributed by atoms with van der Waals surface area (Å²) in [7, 11) is 0. The highest BCUT2D eigenvalue weighted by Crippen LogP contribution is 2.33. The molecule has 0 fully saturated rings. The van der Waals surface area contributed by atoms with E-state index < -0.39 is 10.9 Å². The lowest BCUT2D eigenvalue weighted by molar-refractivity contribution is -0.385. The van der Waals surface area contributed by atoms with Crippen molar-refractivity contribution >= 4 is 11.7 Å². The molecule has 1 heterocycles. The molecule has 0 aliphatic carbocycles. The molecule has 0 saturated heterocycles. The summed E-state index contributed by atoms with van der Waals surface area (Å²) >= 11 is 0. The topological polar surface area (TPSA) is 87.9 Å². The lowest BCUT2D eigenvalue weighted by Gasteiger charge is -2.20. The number of hydrogen-bond acceptors (Lipinski definition) is 6. The van der Waals surface area contributed by atoms with Gasteiger partial charge in [0.1, 0.15) is 12.4 Å². The Morgan fingerprint density at radius 3 is 2.67 bits per heavy atom. The van der Waals surface area contributed by atoms with Crippen molar-refractivity contribution in [2.75, 3.05) is 6.79 Å². The zero-order chi connectivity index (χ0) is 19.4. The van der Waals surface area contributed by atoms with Crippen molar-refractivity contribution in [1.29, 1.82) is 0 Å². The lowest BCUT2D eigenvalue weighted by Crippen LogP contribution is -2.15. The SMILES string of the molecule is CC(C)Cc1ccc(C(=O)OCc2cc([N+](=O)[O-])cc3c2OCOC3)cc1. The molecule has 0 aromatic heterocycles. The van der Waals surface area contributed by atoms with Crippen molar-refractivity contribution in [1.82, 2.24) is 0 Å². The van der Waals surface area contributed by atoms with Crippen molar-refractivity contribution in [3.8, 4) is 5.75 Å². The quantitative estimate of drug-likeness (QED) is 0.433. The summed E-state index contributed by atoms with van der Waals surface area (Å²) in [6.07, 6.45) is 0.939. The van der Waals surface area contributed by atoms with Gasteiger partial charge in [-0.25, -0.2) is 4.79 Å². The maximum atomic E-state index is 12.3. The number of carbonyl (C=O) groups is 1. The van der Waals surface area contributed by atoms with E-state index in [1.807, 2.05) is 12.1 Å². The number of carbonyl (C=O) groups excluding carboxylic acids is 1. The van der Waals surface area contributed by atoms with Crippen LogP contribution in [0.1, 0.15) is 40.9 Å². The summed E-state index contributed by atoms with van der Waals surface area (Å²) in [6, 6.07) is 10.1. The molecule has 142 valence electrons. The van der Waals surface area contributed by atoms with Crippen LogP contribution in [0.25, 0.3) is 0 Å². The van der Waals surface area contributed by atoms with Crippen molar-refractivity contribution in [2.45, 2.75) is 33.5 Å². The van der Waals surface area contributed by atoms with Gasteiger partial charge in [-0.1, -0.05) is 26.0 Å². The van der Waals surface area contributed by atoms with E-state index in [0.717, 1.165) is 12.0 Å². The molecule has 0 spiro atoms. The summed E-state index contributed by atoms with van der Waals surface area (Å²) in [5, 5.41) is 11.1. The van der Waals surface area contributed by atoms with E-state index in [9.17, 15) is 14.9 Å². The van der Waals surface area contributed by atoms with Gasteiger partial charge in [0, 0.05) is 23.3 Å². The second-order valence-electron chi connectivity index (χ2n) is 6.83.